The summed E-state index contributed by atoms with van der Waals surface area (Å²) in [5, 5.41) is 4.65. The summed E-state index contributed by atoms with van der Waals surface area (Å²) in [7, 11) is 1.66. The Labute approximate surface area is 114 Å². The lowest BCUT2D eigenvalue weighted by Crippen LogP contribution is -1.84. The lowest BCUT2D eigenvalue weighted by atomic mass is 10.1. The Morgan fingerprint density at radius 3 is 2.68 bits per heavy atom. The van der Waals surface area contributed by atoms with Gasteiger partial charge in [-0.3, -0.25) is 4.79 Å². The van der Waals surface area contributed by atoms with Crippen molar-refractivity contribution in [2.75, 3.05) is 7.11 Å². The molecule has 0 N–H and O–H groups in total. The minimum Gasteiger partial charge on any atom is -0.497 e. The molecule has 19 heavy (non-hydrogen) atoms. The number of rotatable bonds is 3. The van der Waals surface area contributed by atoms with Crippen molar-refractivity contribution in [3.63, 3.8) is 0 Å². The van der Waals surface area contributed by atoms with Gasteiger partial charge in [-0.25, -0.2) is 4.98 Å². The predicted octanol–water partition coefficient (Wildman–Crippen LogP) is 3.78. The van der Waals surface area contributed by atoms with E-state index in [4.69, 9.17) is 4.74 Å². The highest BCUT2D eigenvalue weighted by Crippen LogP contribution is 2.27. The van der Waals surface area contributed by atoms with E-state index < -0.39 is 0 Å². The Kier molecular flexibility index (Phi) is 3.01. The molecule has 3 nitrogen and oxygen atoms in total. The quantitative estimate of drug-likeness (QED) is 0.679. The number of carbonyl (C=O) groups is 1. The molecule has 4 heteroatoms. The van der Waals surface area contributed by atoms with E-state index in [0.29, 0.717) is 5.01 Å². The summed E-state index contributed by atoms with van der Waals surface area (Å²) in [6, 6.07) is 12.1. The SMILES string of the molecule is COc1ccc2cc(-c3csc(C=O)n3)ccc2c1. The van der Waals surface area contributed by atoms with Gasteiger partial charge in [-0.05, 0) is 29.0 Å². The molecule has 1 aromatic heterocycles. The van der Waals surface area contributed by atoms with Crippen molar-refractivity contribution in [1.29, 1.82) is 0 Å². The van der Waals surface area contributed by atoms with Gasteiger partial charge >= 0.3 is 0 Å². The van der Waals surface area contributed by atoms with Crippen molar-refractivity contribution >= 4 is 28.4 Å². The van der Waals surface area contributed by atoms with Gasteiger partial charge in [0.1, 0.15) is 5.75 Å². The fraction of sp³-hybridized carbons (Fsp3) is 0.0667. The first-order chi connectivity index (χ1) is 9.30. The highest BCUT2D eigenvalue weighted by molar-refractivity contribution is 7.11. The van der Waals surface area contributed by atoms with Gasteiger partial charge in [-0.15, -0.1) is 11.3 Å². The smallest absolute Gasteiger partial charge is 0.178 e. The van der Waals surface area contributed by atoms with E-state index in [1.165, 1.54) is 11.3 Å². The molecule has 3 aromatic rings. The van der Waals surface area contributed by atoms with Crippen molar-refractivity contribution in [2.24, 2.45) is 0 Å². The van der Waals surface area contributed by atoms with Crippen molar-refractivity contribution < 1.29 is 9.53 Å². The number of hydrogen-bond acceptors (Lipinski definition) is 4. The Balaban J connectivity index is 2.08. The van der Waals surface area contributed by atoms with Crippen LogP contribution >= 0.6 is 11.3 Å². The van der Waals surface area contributed by atoms with Gasteiger partial charge in [0.25, 0.3) is 0 Å². The average molecular weight is 269 g/mol. The van der Waals surface area contributed by atoms with Crippen LogP contribution in [0.25, 0.3) is 22.0 Å². The van der Waals surface area contributed by atoms with Gasteiger partial charge in [0.2, 0.25) is 0 Å². The van der Waals surface area contributed by atoms with Crippen LogP contribution in [0.4, 0.5) is 0 Å². The predicted molar refractivity (Wildman–Crippen MR) is 77.0 cm³/mol. The van der Waals surface area contributed by atoms with E-state index in [1.54, 1.807) is 7.11 Å². The lowest BCUT2D eigenvalue weighted by Gasteiger charge is -2.04. The first-order valence-corrected chi connectivity index (χ1v) is 6.67. The second kappa shape index (κ2) is 4.82. The van der Waals surface area contributed by atoms with Crippen LogP contribution in [-0.2, 0) is 0 Å². The molecule has 0 saturated heterocycles. The zero-order valence-electron chi connectivity index (χ0n) is 10.3. The Morgan fingerprint density at radius 1 is 1.16 bits per heavy atom. The molecule has 0 unspecified atom stereocenters. The molecule has 0 atom stereocenters. The fourth-order valence-electron chi connectivity index (χ4n) is 1.98. The van der Waals surface area contributed by atoms with Crippen LogP contribution in [0.15, 0.2) is 41.8 Å². The highest BCUT2D eigenvalue weighted by atomic mass is 32.1. The third-order valence-electron chi connectivity index (χ3n) is 2.97. The number of benzene rings is 2. The monoisotopic (exact) mass is 269 g/mol. The molecule has 0 bridgehead atoms. The number of nitrogens with zero attached hydrogens (tertiary/aromatic N) is 1. The van der Waals surface area contributed by atoms with Crippen molar-refractivity contribution in [1.82, 2.24) is 4.98 Å². The molecule has 0 fully saturated rings. The molecule has 0 spiro atoms. The average Bonchev–Trinajstić information content (AvgIpc) is 2.95. The van der Waals surface area contributed by atoms with Crippen molar-refractivity contribution in [3.05, 3.63) is 46.8 Å². The van der Waals surface area contributed by atoms with E-state index in [1.807, 2.05) is 35.7 Å². The zero-order chi connectivity index (χ0) is 13.2. The Hall–Kier alpha value is -2.20. The van der Waals surface area contributed by atoms with Gasteiger partial charge < -0.3 is 4.74 Å². The van der Waals surface area contributed by atoms with Gasteiger partial charge in [0.05, 0.1) is 12.8 Å². The van der Waals surface area contributed by atoms with Crippen LogP contribution in [0.5, 0.6) is 5.75 Å². The standard InChI is InChI=1S/C15H11NO2S/c1-18-13-5-4-10-6-12(3-2-11(10)7-13)14-9-19-15(8-17)16-14/h2-9H,1H3. The summed E-state index contributed by atoms with van der Waals surface area (Å²) in [6.07, 6.45) is 0.778. The number of aldehydes is 1. The van der Waals surface area contributed by atoms with Crippen molar-refractivity contribution in [2.45, 2.75) is 0 Å². The number of ether oxygens (including phenoxy) is 1. The topological polar surface area (TPSA) is 39.2 Å². The molecule has 94 valence electrons. The van der Waals surface area contributed by atoms with Crippen LogP contribution < -0.4 is 4.74 Å². The van der Waals surface area contributed by atoms with Gasteiger partial charge in [0.15, 0.2) is 11.3 Å². The summed E-state index contributed by atoms with van der Waals surface area (Å²) < 4.78 is 5.21. The first-order valence-electron chi connectivity index (χ1n) is 5.79. The number of fused-ring (bicyclic) bond motifs is 1. The van der Waals surface area contributed by atoms with E-state index in [9.17, 15) is 4.79 Å². The first kappa shape index (κ1) is 11.9. The van der Waals surface area contributed by atoms with E-state index in [2.05, 4.69) is 11.1 Å². The normalized spacial score (nSPS) is 10.6. The second-order valence-electron chi connectivity index (χ2n) is 4.12. The molecule has 1 heterocycles. The molecule has 2 aromatic carbocycles. The minimum absolute atomic E-state index is 0.504. The lowest BCUT2D eigenvalue weighted by molar-refractivity contribution is 0.112. The summed E-state index contributed by atoms with van der Waals surface area (Å²) in [4.78, 5) is 14.9. The van der Waals surface area contributed by atoms with Crippen LogP contribution in [-0.4, -0.2) is 18.4 Å². The van der Waals surface area contributed by atoms with E-state index in [-0.39, 0.29) is 0 Å². The molecule has 3 rings (SSSR count). The fourth-order valence-corrected chi connectivity index (χ4v) is 2.61. The number of hydrogen-bond donors (Lipinski definition) is 0. The van der Waals surface area contributed by atoms with Crippen LogP contribution in [0, 0.1) is 0 Å². The van der Waals surface area contributed by atoms with Gasteiger partial charge in [-0.1, -0.05) is 18.2 Å². The van der Waals surface area contributed by atoms with E-state index in [0.717, 1.165) is 34.1 Å². The zero-order valence-corrected chi connectivity index (χ0v) is 11.1. The number of thiazole rings is 1. The molecule has 0 radical (unpaired) electrons. The highest BCUT2D eigenvalue weighted by Gasteiger charge is 2.05. The maximum atomic E-state index is 10.7. The summed E-state index contributed by atoms with van der Waals surface area (Å²) >= 11 is 1.36. The second-order valence-corrected chi connectivity index (χ2v) is 5.01. The number of methoxy groups -OCH3 is 1. The Morgan fingerprint density at radius 2 is 1.95 bits per heavy atom. The van der Waals surface area contributed by atoms with Crippen LogP contribution in [0.3, 0.4) is 0 Å². The Bertz CT molecular complexity index is 749. The third-order valence-corrected chi connectivity index (χ3v) is 3.74. The largest absolute Gasteiger partial charge is 0.497 e. The summed E-state index contributed by atoms with van der Waals surface area (Å²) in [5.74, 6) is 0.845. The molecular weight excluding hydrogens is 258 g/mol. The molecule has 0 saturated carbocycles. The maximum absolute atomic E-state index is 10.7. The molecule has 0 amide bonds. The van der Waals surface area contributed by atoms with Crippen LogP contribution in [0.2, 0.25) is 0 Å². The molecule has 0 aliphatic carbocycles. The molecule has 0 aliphatic rings. The maximum Gasteiger partial charge on any atom is 0.178 e. The van der Waals surface area contributed by atoms with Crippen molar-refractivity contribution in [3.8, 4) is 17.0 Å². The molecular formula is C15H11NO2S. The third kappa shape index (κ3) is 2.22. The minimum atomic E-state index is 0.504. The molecule has 0 aliphatic heterocycles. The summed E-state index contributed by atoms with van der Waals surface area (Å²) in [5.41, 5.74) is 1.85. The number of carbonyl (C=O) groups excluding carboxylic acids is 1. The van der Waals surface area contributed by atoms with Gasteiger partial charge in [-0.2, -0.15) is 0 Å². The summed E-state index contributed by atoms with van der Waals surface area (Å²) in [6.45, 7) is 0. The number of aromatic nitrogens is 1. The van der Waals surface area contributed by atoms with Gasteiger partial charge in [0, 0.05) is 10.9 Å². The van der Waals surface area contributed by atoms with Crippen LogP contribution in [0.1, 0.15) is 9.80 Å². The van der Waals surface area contributed by atoms with E-state index >= 15 is 0 Å².